The summed E-state index contributed by atoms with van der Waals surface area (Å²) in [5, 5.41) is 13.5. The first-order valence-corrected chi connectivity index (χ1v) is 6.73. The van der Waals surface area contributed by atoms with Gasteiger partial charge >= 0.3 is 0 Å². The number of nitrogens with one attached hydrogen (secondary N) is 1. The Morgan fingerprint density at radius 2 is 2.05 bits per heavy atom. The van der Waals surface area contributed by atoms with Crippen LogP contribution in [0.15, 0.2) is 50.6 Å². The van der Waals surface area contributed by atoms with Crippen LogP contribution in [0.4, 0.5) is 0 Å². The highest BCUT2D eigenvalue weighted by molar-refractivity contribution is 5.79. The summed E-state index contributed by atoms with van der Waals surface area (Å²) in [5.41, 5.74) is -1.11. The summed E-state index contributed by atoms with van der Waals surface area (Å²) in [6, 6.07) is 7.25. The van der Waals surface area contributed by atoms with Crippen LogP contribution in [0.5, 0.6) is 0 Å². The molecule has 21 heavy (non-hydrogen) atoms. The molecule has 0 fully saturated rings. The van der Waals surface area contributed by atoms with Gasteiger partial charge in [0.2, 0.25) is 0 Å². The van der Waals surface area contributed by atoms with Gasteiger partial charge in [0, 0.05) is 14.1 Å². The Bertz CT molecular complexity index is 559. The molecule has 0 saturated heterocycles. The maximum Gasteiger partial charge on any atom is 0.193 e. The molecule has 2 aromatic heterocycles. The molecule has 2 rings (SSSR count). The molecule has 0 aliphatic heterocycles. The molecule has 2 heterocycles. The monoisotopic (exact) mass is 291 g/mol. The molecule has 1 atom stereocenters. The number of rotatable bonds is 5. The van der Waals surface area contributed by atoms with Crippen LogP contribution in [0.25, 0.3) is 0 Å². The number of nitrogens with zero attached hydrogens (tertiary/aromatic N) is 2. The number of furan rings is 2. The largest absolute Gasteiger partial charge is 0.467 e. The molecule has 6 nitrogen and oxygen atoms in total. The van der Waals surface area contributed by atoms with Crippen molar-refractivity contribution in [3.8, 4) is 0 Å². The van der Waals surface area contributed by atoms with Gasteiger partial charge in [-0.05, 0) is 31.2 Å². The van der Waals surface area contributed by atoms with Crippen LogP contribution in [0.3, 0.4) is 0 Å². The fraction of sp³-hybridized carbons (Fsp3) is 0.400. The van der Waals surface area contributed by atoms with Crippen molar-refractivity contribution in [1.29, 1.82) is 0 Å². The van der Waals surface area contributed by atoms with Gasteiger partial charge in [-0.15, -0.1) is 0 Å². The number of aliphatic hydroxyl groups is 1. The van der Waals surface area contributed by atoms with E-state index in [4.69, 9.17) is 8.83 Å². The Labute approximate surface area is 124 Å². The minimum Gasteiger partial charge on any atom is -0.467 e. The van der Waals surface area contributed by atoms with Gasteiger partial charge in [-0.2, -0.15) is 0 Å². The predicted octanol–water partition coefficient (Wildman–Crippen LogP) is 1.79. The minimum absolute atomic E-state index is 0.287. The fourth-order valence-electron chi connectivity index (χ4n) is 2.02. The van der Waals surface area contributed by atoms with Crippen molar-refractivity contribution < 1.29 is 13.9 Å². The third kappa shape index (κ3) is 3.88. The average molecular weight is 291 g/mol. The van der Waals surface area contributed by atoms with E-state index in [1.807, 2.05) is 24.1 Å². The summed E-state index contributed by atoms with van der Waals surface area (Å²) in [6.07, 6.45) is 3.18. The number of hydrogen-bond acceptors (Lipinski definition) is 4. The van der Waals surface area contributed by atoms with Crippen molar-refractivity contribution in [1.82, 2.24) is 10.2 Å². The highest BCUT2D eigenvalue weighted by Gasteiger charge is 2.26. The van der Waals surface area contributed by atoms with Gasteiger partial charge in [-0.1, -0.05) is 0 Å². The van der Waals surface area contributed by atoms with E-state index in [2.05, 4.69) is 10.3 Å². The Hall–Kier alpha value is -2.21. The van der Waals surface area contributed by atoms with Crippen LogP contribution < -0.4 is 5.32 Å². The molecule has 6 heteroatoms. The highest BCUT2D eigenvalue weighted by Crippen LogP contribution is 2.19. The maximum atomic E-state index is 10.4. The Balaban J connectivity index is 1.93. The van der Waals surface area contributed by atoms with Crippen LogP contribution in [-0.4, -0.2) is 36.6 Å². The molecule has 1 unspecified atom stereocenters. The summed E-state index contributed by atoms with van der Waals surface area (Å²) < 4.78 is 10.6. The Morgan fingerprint density at radius 3 is 2.62 bits per heavy atom. The minimum atomic E-state index is -1.11. The second-order valence-corrected chi connectivity index (χ2v) is 5.09. The standard InChI is InChI=1S/C15H21N3O3/c1-15(19,13-7-5-9-21-13)11-17-14(16-2)18(3)10-12-6-4-8-20-12/h4-9,19H,10-11H2,1-3H3,(H,16,17). The van der Waals surface area contributed by atoms with Gasteiger partial charge in [-0.25, -0.2) is 0 Å². The summed E-state index contributed by atoms with van der Waals surface area (Å²) in [4.78, 5) is 6.11. The Kier molecular flexibility index (Phi) is 4.70. The van der Waals surface area contributed by atoms with E-state index in [-0.39, 0.29) is 6.54 Å². The SMILES string of the molecule is CN=C(NCC(C)(O)c1ccco1)N(C)Cc1ccco1. The summed E-state index contributed by atoms with van der Waals surface area (Å²) >= 11 is 0. The smallest absolute Gasteiger partial charge is 0.193 e. The third-order valence-electron chi connectivity index (χ3n) is 3.19. The molecule has 114 valence electrons. The molecular weight excluding hydrogens is 270 g/mol. The zero-order valence-electron chi connectivity index (χ0n) is 12.5. The molecule has 0 aliphatic rings. The van der Waals surface area contributed by atoms with Gasteiger partial charge in [-0.3, -0.25) is 4.99 Å². The van der Waals surface area contributed by atoms with Crippen LogP contribution in [0.1, 0.15) is 18.4 Å². The first-order valence-electron chi connectivity index (χ1n) is 6.73. The van der Waals surface area contributed by atoms with Crippen molar-refractivity contribution in [2.24, 2.45) is 4.99 Å². The third-order valence-corrected chi connectivity index (χ3v) is 3.19. The molecule has 2 aromatic rings. The van der Waals surface area contributed by atoms with Gasteiger partial charge in [0.1, 0.15) is 17.1 Å². The van der Waals surface area contributed by atoms with Crippen LogP contribution >= 0.6 is 0 Å². The van der Waals surface area contributed by atoms with Crippen molar-refractivity contribution in [2.75, 3.05) is 20.6 Å². The van der Waals surface area contributed by atoms with Crippen molar-refractivity contribution in [3.63, 3.8) is 0 Å². The summed E-state index contributed by atoms with van der Waals surface area (Å²) in [6.45, 7) is 2.57. The maximum absolute atomic E-state index is 10.4. The number of guanidine groups is 1. The quantitative estimate of drug-likeness (QED) is 0.649. The molecule has 0 saturated carbocycles. The van der Waals surface area contributed by atoms with Crippen molar-refractivity contribution in [2.45, 2.75) is 19.1 Å². The zero-order valence-corrected chi connectivity index (χ0v) is 12.5. The molecule has 0 radical (unpaired) electrons. The summed E-state index contributed by atoms with van der Waals surface area (Å²) in [5.74, 6) is 2.02. The predicted molar refractivity (Wildman–Crippen MR) is 79.8 cm³/mol. The lowest BCUT2D eigenvalue weighted by Gasteiger charge is -2.26. The van der Waals surface area contributed by atoms with Crippen LogP contribution in [0.2, 0.25) is 0 Å². The lowest BCUT2D eigenvalue weighted by atomic mass is 10.0. The van der Waals surface area contributed by atoms with Gasteiger partial charge in [0.15, 0.2) is 5.96 Å². The topological polar surface area (TPSA) is 74.1 Å². The van der Waals surface area contributed by atoms with Crippen molar-refractivity contribution >= 4 is 5.96 Å². The van der Waals surface area contributed by atoms with E-state index >= 15 is 0 Å². The lowest BCUT2D eigenvalue weighted by molar-refractivity contribution is 0.0380. The molecule has 0 aliphatic carbocycles. The first-order chi connectivity index (χ1) is 10.0. The molecule has 0 bridgehead atoms. The normalized spacial score (nSPS) is 14.8. The number of hydrogen-bond donors (Lipinski definition) is 2. The fourth-order valence-corrected chi connectivity index (χ4v) is 2.02. The van der Waals surface area contributed by atoms with Gasteiger partial charge < -0.3 is 24.2 Å². The van der Waals surface area contributed by atoms with E-state index in [1.165, 1.54) is 0 Å². The van der Waals surface area contributed by atoms with E-state index in [1.54, 1.807) is 38.6 Å². The number of aliphatic imine (C=N–C) groups is 1. The molecular formula is C15H21N3O3. The second kappa shape index (κ2) is 6.49. The Morgan fingerprint density at radius 1 is 1.33 bits per heavy atom. The molecule has 0 spiro atoms. The zero-order chi connectivity index (χ0) is 15.3. The van der Waals surface area contributed by atoms with Crippen LogP contribution in [0, 0.1) is 0 Å². The van der Waals surface area contributed by atoms with Crippen molar-refractivity contribution in [3.05, 3.63) is 48.3 Å². The highest BCUT2D eigenvalue weighted by atomic mass is 16.4. The average Bonchev–Trinajstić information content (AvgIpc) is 3.12. The van der Waals surface area contributed by atoms with E-state index in [0.717, 1.165) is 5.76 Å². The van der Waals surface area contributed by atoms with E-state index < -0.39 is 5.60 Å². The van der Waals surface area contributed by atoms with E-state index in [9.17, 15) is 5.11 Å². The second-order valence-electron chi connectivity index (χ2n) is 5.09. The molecule has 0 aromatic carbocycles. The lowest BCUT2D eigenvalue weighted by Crippen LogP contribution is -2.44. The van der Waals surface area contributed by atoms with Gasteiger partial charge in [0.25, 0.3) is 0 Å². The molecule has 0 amide bonds. The van der Waals surface area contributed by atoms with Crippen LogP contribution in [-0.2, 0) is 12.1 Å². The van der Waals surface area contributed by atoms with Gasteiger partial charge in [0.05, 0.1) is 25.6 Å². The van der Waals surface area contributed by atoms with E-state index in [0.29, 0.717) is 18.3 Å². The molecule has 2 N–H and O–H groups in total. The first kappa shape index (κ1) is 15.2. The summed E-state index contributed by atoms with van der Waals surface area (Å²) in [7, 11) is 3.60.